The van der Waals surface area contributed by atoms with Crippen LogP contribution in [-0.2, 0) is 0 Å². The number of nitrogen functional groups attached to an aromatic ring is 1. The number of rotatable bonds is 6. The number of hydrogen-bond donors (Lipinski definition) is 2. The third-order valence-electron chi connectivity index (χ3n) is 7.81. The SMILES string of the molecule is Nc1cnccc1-c1cccc2cc(-c3nc(NCC[N+]45CCC(/C=C\N=[N+]6CC64)C5)ncc3F)sc12. The largest absolute Gasteiger partial charge is 0.397 e. The van der Waals surface area contributed by atoms with Crippen LogP contribution in [0.5, 0.6) is 0 Å². The minimum Gasteiger partial charge on any atom is -0.397 e. The van der Waals surface area contributed by atoms with Crippen LogP contribution in [0.15, 0.2) is 66.3 Å². The summed E-state index contributed by atoms with van der Waals surface area (Å²) in [6.07, 6.45) is 10.5. The lowest BCUT2D eigenvalue weighted by molar-refractivity contribution is -0.966. The minimum absolute atomic E-state index is 0.309. The Hall–Kier alpha value is -3.76. The molecule has 0 saturated carbocycles. The van der Waals surface area contributed by atoms with Gasteiger partial charge in [0.1, 0.15) is 12.2 Å². The molecule has 4 aromatic rings. The second kappa shape index (κ2) is 8.67. The van der Waals surface area contributed by atoms with Crippen LogP contribution in [0, 0.1) is 11.7 Å². The molecule has 1 aromatic carbocycles. The molecule has 2 bridgehead atoms. The van der Waals surface area contributed by atoms with Crippen molar-refractivity contribution in [2.24, 2.45) is 11.0 Å². The van der Waals surface area contributed by atoms with Gasteiger partial charge in [-0.25, -0.2) is 14.4 Å². The third-order valence-corrected chi connectivity index (χ3v) is 9.00. The van der Waals surface area contributed by atoms with Gasteiger partial charge in [-0.3, -0.25) is 9.47 Å². The molecular weight excluding hydrogens is 487 g/mol. The molecule has 3 atom stereocenters. The summed E-state index contributed by atoms with van der Waals surface area (Å²) in [5.41, 5.74) is 9.03. The van der Waals surface area contributed by atoms with Gasteiger partial charge in [0.2, 0.25) is 5.95 Å². The summed E-state index contributed by atoms with van der Waals surface area (Å²) in [5.74, 6) is 0.614. The number of nitrogens with two attached hydrogens (primary N) is 1. The molecule has 0 amide bonds. The molecule has 3 unspecified atom stereocenters. The number of thiophene rings is 1. The van der Waals surface area contributed by atoms with Crippen LogP contribution < -0.4 is 11.1 Å². The Morgan fingerprint density at radius 1 is 1.22 bits per heavy atom. The minimum atomic E-state index is -0.433. The third kappa shape index (κ3) is 3.96. The van der Waals surface area contributed by atoms with Crippen LogP contribution >= 0.6 is 11.3 Å². The van der Waals surface area contributed by atoms with E-state index in [-0.39, 0.29) is 0 Å². The topological polar surface area (TPSA) is 92.1 Å². The number of quaternary nitrogens is 1. The molecule has 3 aromatic heterocycles. The first-order chi connectivity index (χ1) is 18.1. The molecule has 2 saturated heterocycles. The van der Waals surface area contributed by atoms with Gasteiger partial charge < -0.3 is 11.1 Å². The van der Waals surface area contributed by atoms with Gasteiger partial charge in [0, 0.05) is 34.4 Å². The number of azo groups is 2. The number of benzene rings is 1. The molecule has 37 heavy (non-hydrogen) atoms. The predicted molar refractivity (Wildman–Crippen MR) is 142 cm³/mol. The average molecular weight is 515 g/mol. The number of halogens is 1. The standard InChI is InChI=1S/C27H27FN8S/c28-21-13-32-27(31-9-11-36-10-6-17(16-36)4-8-33-35-15-24(35)36)34-25(21)23-12-18-2-1-3-20(26(18)37-23)19-5-7-30-14-22(19)29/h1-5,7-8,12-14,17,24H,6,9-11,15-16,29H2,(H,31,32,34)/q+2/b8-4-,35-33?. The van der Waals surface area contributed by atoms with E-state index in [1.54, 1.807) is 12.4 Å². The molecule has 2 fully saturated rings. The van der Waals surface area contributed by atoms with Crippen LogP contribution in [-0.4, -0.2) is 63.0 Å². The van der Waals surface area contributed by atoms with Crippen LogP contribution in [0.3, 0.4) is 0 Å². The lowest BCUT2D eigenvalue weighted by atomic mass is 10.0. The molecule has 0 spiro atoms. The molecule has 6 heterocycles. The van der Waals surface area contributed by atoms with Crippen molar-refractivity contribution >= 4 is 33.1 Å². The summed E-state index contributed by atoms with van der Waals surface area (Å²) in [5, 5.41) is 8.94. The molecule has 8 nitrogen and oxygen atoms in total. The summed E-state index contributed by atoms with van der Waals surface area (Å²) < 4.78 is 19.2. The number of pyridine rings is 1. The summed E-state index contributed by atoms with van der Waals surface area (Å²) in [4.78, 5) is 13.7. The van der Waals surface area contributed by atoms with Crippen LogP contribution in [0.1, 0.15) is 6.42 Å². The quantitative estimate of drug-likeness (QED) is 0.221. The molecule has 3 N–H and O–H groups in total. The van der Waals surface area contributed by atoms with E-state index in [1.165, 1.54) is 24.0 Å². The second-order valence-corrected chi connectivity index (χ2v) is 11.1. The molecule has 10 heteroatoms. The van der Waals surface area contributed by atoms with Gasteiger partial charge in [0.15, 0.2) is 5.82 Å². The Bertz CT molecular complexity index is 1580. The molecule has 186 valence electrons. The lowest BCUT2D eigenvalue weighted by Gasteiger charge is -2.29. The Kier molecular flexibility index (Phi) is 5.26. The zero-order chi connectivity index (χ0) is 25.0. The number of hydrogen-bond acceptors (Lipinski definition) is 7. The van der Waals surface area contributed by atoms with Crippen molar-refractivity contribution in [3.05, 3.63) is 67.0 Å². The summed E-state index contributed by atoms with van der Waals surface area (Å²) >= 11 is 1.51. The van der Waals surface area contributed by atoms with Crippen molar-refractivity contribution in [1.29, 1.82) is 0 Å². The van der Waals surface area contributed by atoms with E-state index in [9.17, 15) is 4.39 Å². The highest BCUT2D eigenvalue weighted by molar-refractivity contribution is 7.22. The average Bonchev–Trinajstić information content (AvgIpc) is 3.33. The van der Waals surface area contributed by atoms with Crippen molar-refractivity contribution < 1.29 is 13.6 Å². The Balaban J connectivity index is 1.14. The second-order valence-electron chi connectivity index (χ2n) is 10.1. The summed E-state index contributed by atoms with van der Waals surface area (Å²) in [6.45, 7) is 5.03. The highest BCUT2D eigenvalue weighted by atomic mass is 32.1. The maximum Gasteiger partial charge on any atom is 0.365 e. The van der Waals surface area contributed by atoms with E-state index in [2.05, 4.69) is 36.2 Å². The van der Waals surface area contributed by atoms with E-state index < -0.39 is 5.82 Å². The molecule has 7 rings (SSSR count). The Morgan fingerprint density at radius 3 is 3.08 bits per heavy atom. The van der Waals surface area contributed by atoms with Crippen LogP contribution in [0.2, 0.25) is 0 Å². The van der Waals surface area contributed by atoms with Gasteiger partial charge in [0.25, 0.3) is 6.54 Å². The molecule has 0 aliphatic carbocycles. The van der Waals surface area contributed by atoms with Gasteiger partial charge in [-0.15, -0.1) is 11.3 Å². The number of aromatic nitrogens is 3. The highest BCUT2D eigenvalue weighted by Gasteiger charge is 2.62. The predicted octanol–water partition coefficient (Wildman–Crippen LogP) is 4.72. The van der Waals surface area contributed by atoms with Crippen LogP contribution in [0.4, 0.5) is 16.0 Å². The fraction of sp³-hybridized carbons (Fsp3) is 0.296. The number of nitrogens with zero attached hydrogens (tertiary/aromatic N) is 6. The zero-order valence-electron chi connectivity index (χ0n) is 20.2. The van der Waals surface area contributed by atoms with E-state index in [1.807, 2.05) is 36.5 Å². The van der Waals surface area contributed by atoms with Gasteiger partial charge in [-0.2, -0.15) is 0 Å². The van der Waals surface area contributed by atoms with Gasteiger partial charge in [-0.05, 0) is 27.3 Å². The lowest BCUT2D eigenvalue weighted by Crippen LogP contribution is -2.52. The zero-order valence-corrected chi connectivity index (χ0v) is 21.0. The Labute approximate surface area is 217 Å². The van der Waals surface area contributed by atoms with E-state index >= 15 is 0 Å². The van der Waals surface area contributed by atoms with Gasteiger partial charge in [-0.1, -0.05) is 24.3 Å². The summed E-state index contributed by atoms with van der Waals surface area (Å²) in [7, 11) is 0. The highest BCUT2D eigenvalue weighted by Crippen LogP contribution is 2.41. The fourth-order valence-corrected chi connectivity index (χ4v) is 7.04. The summed E-state index contributed by atoms with van der Waals surface area (Å²) in [6, 6.07) is 9.93. The van der Waals surface area contributed by atoms with E-state index in [4.69, 9.17) is 5.73 Å². The van der Waals surface area contributed by atoms with Crippen molar-refractivity contribution in [3.63, 3.8) is 0 Å². The van der Waals surface area contributed by atoms with E-state index in [0.29, 0.717) is 29.4 Å². The normalized spacial score (nSPS) is 24.7. The van der Waals surface area contributed by atoms with Crippen molar-refractivity contribution in [3.8, 4) is 21.7 Å². The van der Waals surface area contributed by atoms with Crippen LogP contribution in [0.25, 0.3) is 31.8 Å². The molecule has 3 aliphatic heterocycles. The first kappa shape index (κ1) is 22.4. The molecule has 0 radical (unpaired) electrons. The maximum absolute atomic E-state index is 14.9. The smallest absolute Gasteiger partial charge is 0.365 e. The molecular formula is C27H27FN8S+2. The van der Waals surface area contributed by atoms with E-state index in [0.717, 1.165) is 63.3 Å². The first-order valence-corrected chi connectivity index (χ1v) is 13.4. The fourth-order valence-electron chi connectivity index (χ4n) is 5.86. The Morgan fingerprint density at radius 2 is 2.16 bits per heavy atom. The monoisotopic (exact) mass is 514 g/mol. The first-order valence-electron chi connectivity index (χ1n) is 12.6. The maximum atomic E-state index is 14.9. The van der Waals surface area contributed by atoms with Gasteiger partial charge >= 0.3 is 6.17 Å². The van der Waals surface area contributed by atoms with Crippen molar-refractivity contribution in [2.45, 2.75) is 12.6 Å². The number of anilines is 2. The number of nitrogens with one attached hydrogen (secondary N) is 1. The number of fused-ring (bicyclic) bond motifs is 5. The van der Waals surface area contributed by atoms with Crippen molar-refractivity contribution in [2.75, 3.05) is 43.8 Å². The van der Waals surface area contributed by atoms with Gasteiger partial charge in [0.05, 0.1) is 48.8 Å². The van der Waals surface area contributed by atoms with Crippen molar-refractivity contribution in [1.82, 2.24) is 15.0 Å². The molecule has 3 aliphatic rings.